The predicted octanol–water partition coefficient (Wildman–Crippen LogP) is 3.81. The van der Waals surface area contributed by atoms with E-state index in [1.165, 1.54) is 12.8 Å². The van der Waals surface area contributed by atoms with Crippen molar-refractivity contribution in [1.82, 2.24) is 0 Å². The summed E-state index contributed by atoms with van der Waals surface area (Å²) >= 11 is 0. The van der Waals surface area contributed by atoms with Crippen LogP contribution in [0.2, 0.25) is 0 Å². The van der Waals surface area contributed by atoms with Crippen LogP contribution in [0.4, 0.5) is 0 Å². The van der Waals surface area contributed by atoms with Crippen molar-refractivity contribution in [2.45, 2.75) is 44.9 Å². The Balaban J connectivity index is 2.06. The molecule has 94 valence electrons. The summed E-state index contributed by atoms with van der Waals surface area (Å²) in [6, 6.07) is 9.58. The first-order chi connectivity index (χ1) is 8.74. The maximum absolute atomic E-state index is 12.2. The monoisotopic (exact) mass is 241 g/mol. The number of nitriles is 1. The lowest BCUT2D eigenvalue weighted by Gasteiger charge is -2.27. The second kappa shape index (κ2) is 5.82. The number of hydrogen-bond donors (Lipinski definition) is 0. The third-order valence-corrected chi connectivity index (χ3v) is 3.88. The molecule has 1 aromatic carbocycles. The Morgan fingerprint density at radius 3 is 2.56 bits per heavy atom. The van der Waals surface area contributed by atoms with Crippen LogP contribution in [0.25, 0.3) is 0 Å². The number of hydrogen-bond acceptors (Lipinski definition) is 2. The molecule has 0 aromatic heterocycles. The Kier molecular flexibility index (Phi) is 4.15. The van der Waals surface area contributed by atoms with E-state index in [0.717, 1.165) is 24.8 Å². The summed E-state index contributed by atoms with van der Waals surface area (Å²) in [5.41, 5.74) is 1.74. The van der Waals surface area contributed by atoms with Crippen molar-refractivity contribution in [2.24, 2.45) is 5.92 Å². The number of Topliss-reactive ketones (excluding diaryl/α,β-unsaturated/α-hetero) is 1. The van der Waals surface area contributed by atoms with Gasteiger partial charge in [0.15, 0.2) is 0 Å². The van der Waals surface area contributed by atoms with Crippen molar-refractivity contribution in [3.63, 3.8) is 0 Å². The molecule has 1 aliphatic carbocycles. The summed E-state index contributed by atoms with van der Waals surface area (Å²) < 4.78 is 0. The minimum Gasteiger partial charge on any atom is -0.299 e. The van der Waals surface area contributed by atoms with E-state index in [2.05, 4.69) is 13.0 Å². The first-order valence-electron chi connectivity index (χ1n) is 6.77. The van der Waals surface area contributed by atoms with Gasteiger partial charge in [0.2, 0.25) is 0 Å². The first kappa shape index (κ1) is 12.8. The second-order valence-corrected chi connectivity index (χ2v) is 5.19. The van der Waals surface area contributed by atoms with Crippen LogP contribution in [-0.4, -0.2) is 5.78 Å². The minimum absolute atomic E-state index is 0.0610. The van der Waals surface area contributed by atoms with Gasteiger partial charge in [-0.3, -0.25) is 4.79 Å². The molecule has 2 heteroatoms. The zero-order valence-electron chi connectivity index (χ0n) is 10.9. The molecular formula is C16H19NO. The van der Waals surface area contributed by atoms with Gasteiger partial charge in [0.05, 0.1) is 11.6 Å². The molecular weight excluding hydrogens is 222 g/mol. The van der Waals surface area contributed by atoms with E-state index in [0.29, 0.717) is 17.3 Å². The Bertz CT molecular complexity index is 455. The molecule has 0 unspecified atom stereocenters. The van der Waals surface area contributed by atoms with Crippen LogP contribution < -0.4 is 0 Å². The number of nitrogens with zero attached hydrogens (tertiary/aromatic N) is 1. The van der Waals surface area contributed by atoms with Gasteiger partial charge in [-0.25, -0.2) is 0 Å². The molecule has 1 aromatic rings. The third kappa shape index (κ3) is 2.79. The van der Waals surface area contributed by atoms with E-state index < -0.39 is 0 Å². The second-order valence-electron chi connectivity index (χ2n) is 5.19. The molecule has 18 heavy (non-hydrogen) atoms. The highest BCUT2D eigenvalue weighted by Crippen LogP contribution is 2.35. The lowest BCUT2D eigenvalue weighted by Crippen LogP contribution is -2.23. The van der Waals surface area contributed by atoms with E-state index in [1.54, 1.807) is 12.1 Å². The normalized spacial score (nSPS) is 23.7. The SMILES string of the molecule is CCC[C@H]1CC[C@H](c2ccc(C#N)cc2)C(=O)C1. The quantitative estimate of drug-likeness (QED) is 0.807. The average molecular weight is 241 g/mol. The van der Waals surface area contributed by atoms with E-state index >= 15 is 0 Å². The zero-order chi connectivity index (χ0) is 13.0. The van der Waals surface area contributed by atoms with Gasteiger partial charge in [0, 0.05) is 12.3 Å². The molecule has 1 saturated carbocycles. The zero-order valence-corrected chi connectivity index (χ0v) is 10.9. The molecule has 2 atom stereocenters. The Hall–Kier alpha value is -1.62. The number of benzene rings is 1. The third-order valence-electron chi connectivity index (χ3n) is 3.88. The molecule has 0 N–H and O–H groups in total. The minimum atomic E-state index is 0.0610. The molecule has 0 radical (unpaired) electrons. The standard InChI is InChI=1S/C16H19NO/c1-2-3-12-6-9-15(16(18)10-12)14-7-4-13(11-17)5-8-14/h4-5,7-8,12,15H,2-3,6,9-10H2,1H3/t12-,15+/m0/s1. The number of rotatable bonds is 3. The van der Waals surface area contributed by atoms with Crippen LogP contribution in [-0.2, 0) is 4.79 Å². The van der Waals surface area contributed by atoms with Crippen molar-refractivity contribution < 1.29 is 4.79 Å². The molecule has 0 bridgehead atoms. The van der Waals surface area contributed by atoms with Crippen molar-refractivity contribution in [3.8, 4) is 6.07 Å². The summed E-state index contributed by atoms with van der Waals surface area (Å²) in [6.45, 7) is 2.18. The summed E-state index contributed by atoms with van der Waals surface area (Å²) in [6.07, 6.45) is 5.20. The van der Waals surface area contributed by atoms with Crippen LogP contribution >= 0.6 is 0 Å². The van der Waals surface area contributed by atoms with E-state index in [9.17, 15) is 4.79 Å². The lowest BCUT2D eigenvalue weighted by molar-refractivity contribution is -0.123. The molecule has 0 spiro atoms. The molecule has 2 nitrogen and oxygen atoms in total. The lowest BCUT2D eigenvalue weighted by atomic mass is 9.76. The fraction of sp³-hybridized carbons (Fsp3) is 0.500. The highest BCUT2D eigenvalue weighted by Gasteiger charge is 2.28. The summed E-state index contributed by atoms with van der Waals surface area (Å²) in [5, 5.41) is 8.77. The Labute approximate surface area is 109 Å². The van der Waals surface area contributed by atoms with E-state index in [1.807, 2.05) is 12.1 Å². The van der Waals surface area contributed by atoms with Gasteiger partial charge in [-0.1, -0.05) is 31.9 Å². The largest absolute Gasteiger partial charge is 0.299 e. The van der Waals surface area contributed by atoms with Gasteiger partial charge in [0.1, 0.15) is 5.78 Å². The van der Waals surface area contributed by atoms with E-state index in [-0.39, 0.29) is 5.92 Å². The summed E-state index contributed by atoms with van der Waals surface area (Å²) in [4.78, 5) is 12.2. The highest BCUT2D eigenvalue weighted by molar-refractivity contribution is 5.86. The summed E-state index contributed by atoms with van der Waals surface area (Å²) in [7, 11) is 0. The number of carbonyl (C=O) groups excluding carboxylic acids is 1. The maximum atomic E-state index is 12.2. The van der Waals surface area contributed by atoms with Gasteiger partial charge in [0.25, 0.3) is 0 Å². The molecule has 0 saturated heterocycles. The molecule has 0 heterocycles. The van der Waals surface area contributed by atoms with Crippen LogP contribution in [0.15, 0.2) is 24.3 Å². The molecule has 1 fully saturated rings. The number of carbonyl (C=O) groups is 1. The topological polar surface area (TPSA) is 40.9 Å². The molecule has 1 aliphatic rings. The fourth-order valence-electron chi connectivity index (χ4n) is 2.89. The van der Waals surface area contributed by atoms with Gasteiger partial charge in [-0.15, -0.1) is 0 Å². The molecule has 0 aliphatic heterocycles. The van der Waals surface area contributed by atoms with Gasteiger partial charge in [-0.05, 0) is 36.5 Å². The maximum Gasteiger partial charge on any atom is 0.140 e. The van der Waals surface area contributed by atoms with Crippen molar-refractivity contribution >= 4 is 5.78 Å². The fourth-order valence-corrected chi connectivity index (χ4v) is 2.89. The average Bonchev–Trinajstić information content (AvgIpc) is 2.40. The van der Waals surface area contributed by atoms with E-state index in [4.69, 9.17) is 5.26 Å². The van der Waals surface area contributed by atoms with Gasteiger partial charge < -0.3 is 0 Å². The van der Waals surface area contributed by atoms with Crippen LogP contribution in [0.3, 0.4) is 0 Å². The van der Waals surface area contributed by atoms with Gasteiger partial charge >= 0.3 is 0 Å². The molecule has 0 amide bonds. The number of ketones is 1. The first-order valence-corrected chi connectivity index (χ1v) is 6.77. The van der Waals surface area contributed by atoms with Crippen LogP contribution in [0.1, 0.15) is 56.1 Å². The van der Waals surface area contributed by atoms with Gasteiger partial charge in [-0.2, -0.15) is 5.26 Å². The summed E-state index contributed by atoms with van der Waals surface area (Å²) in [5.74, 6) is 1.03. The van der Waals surface area contributed by atoms with Crippen LogP contribution in [0, 0.1) is 17.2 Å². The molecule has 2 rings (SSSR count). The predicted molar refractivity (Wildman–Crippen MR) is 71.2 cm³/mol. The van der Waals surface area contributed by atoms with Crippen LogP contribution in [0.5, 0.6) is 0 Å². The smallest absolute Gasteiger partial charge is 0.140 e. The highest BCUT2D eigenvalue weighted by atomic mass is 16.1. The Morgan fingerprint density at radius 2 is 2.00 bits per heavy atom. The van der Waals surface area contributed by atoms with Crippen molar-refractivity contribution in [1.29, 1.82) is 5.26 Å². The van der Waals surface area contributed by atoms with Crippen molar-refractivity contribution in [2.75, 3.05) is 0 Å². The Morgan fingerprint density at radius 1 is 1.28 bits per heavy atom. The van der Waals surface area contributed by atoms with Crippen molar-refractivity contribution in [3.05, 3.63) is 35.4 Å².